The van der Waals surface area contributed by atoms with E-state index in [-0.39, 0.29) is 5.78 Å². The number of thiophene rings is 1. The van der Waals surface area contributed by atoms with Crippen molar-refractivity contribution in [3.63, 3.8) is 0 Å². The third kappa shape index (κ3) is 3.32. The molecule has 0 aromatic carbocycles. The Bertz CT molecular complexity index is 1150. The number of aryl methyl sites for hydroxylation is 1. The topological polar surface area (TPSA) is 94.3 Å². The molecule has 5 rings (SSSR count). The molecule has 0 saturated heterocycles. The Morgan fingerprint density at radius 3 is 2.90 bits per heavy atom. The van der Waals surface area contributed by atoms with Crippen molar-refractivity contribution in [1.29, 1.82) is 0 Å². The summed E-state index contributed by atoms with van der Waals surface area (Å²) in [6, 6.07) is 6.43. The summed E-state index contributed by atoms with van der Waals surface area (Å²) in [5.41, 5.74) is 2.49. The highest BCUT2D eigenvalue weighted by molar-refractivity contribution is 7.99. The molecule has 1 saturated carbocycles. The number of aromatic nitrogens is 7. The SMILES string of the molecule is Cc1cc(C(=O)CSc2nnc(-c3cccs3)n2C2CC2)c(C)n1-c1ncn[nH]1. The first-order chi connectivity index (χ1) is 14.1. The molecule has 148 valence electrons. The summed E-state index contributed by atoms with van der Waals surface area (Å²) < 4.78 is 4.11. The van der Waals surface area contributed by atoms with Crippen LogP contribution in [-0.4, -0.2) is 46.0 Å². The summed E-state index contributed by atoms with van der Waals surface area (Å²) in [7, 11) is 0. The van der Waals surface area contributed by atoms with Crippen LogP contribution >= 0.6 is 23.1 Å². The lowest BCUT2D eigenvalue weighted by Crippen LogP contribution is -2.07. The third-order valence-electron chi connectivity index (χ3n) is 5.00. The van der Waals surface area contributed by atoms with E-state index in [2.05, 4.69) is 36.0 Å². The number of carbonyl (C=O) groups excluding carboxylic acids is 1. The summed E-state index contributed by atoms with van der Waals surface area (Å²) in [6.07, 6.45) is 3.73. The predicted octanol–water partition coefficient (Wildman–Crippen LogP) is 3.84. The summed E-state index contributed by atoms with van der Waals surface area (Å²) in [5.74, 6) is 1.90. The molecule has 0 amide bonds. The van der Waals surface area contributed by atoms with Crippen LogP contribution in [0.15, 0.2) is 35.1 Å². The second-order valence-corrected chi connectivity index (χ2v) is 8.92. The molecule has 4 aromatic rings. The number of thioether (sulfide) groups is 1. The maximum atomic E-state index is 13.0. The minimum atomic E-state index is 0.0666. The van der Waals surface area contributed by atoms with E-state index in [1.807, 2.05) is 35.9 Å². The van der Waals surface area contributed by atoms with E-state index in [4.69, 9.17) is 0 Å². The molecule has 0 aliphatic heterocycles. The van der Waals surface area contributed by atoms with Crippen LogP contribution in [0.1, 0.15) is 40.6 Å². The Morgan fingerprint density at radius 2 is 2.21 bits per heavy atom. The Labute approximate surface area is 175 Å². The van der Waals surface area contributed by atoms with Crippen molar-refractivity contribution in [3.8, 4) is 16.6 Å². The first-order valence-corrected chi connectivity index (χ1v) is 11.2. The first kappa shape index (κ1) is 18.3. The number of Topliss-reactive ketones (excluding diaryl/α,β-unsaturated/α-hetero) is 1. The number of H-pyrrole nitrogens is 1. The van der Waals surface area contributed by atoms with Crippen molar-refractivity contribution in [3.05, 3.63) is 46.9 Å². The van der Waals surface area contributed by atoms with Crippen molar-refractivity contribution in [2.45, 2.75) is 37.9 Å². The van der Waals surface area contributed by atoms with Gasteiger partial charge in [-0.05, 0) is 44.2 Å². The lowest BCUT2D eigenvalue weighted by atomic mass is 10.2. The largest absolute Gasteiger partial charge is 0.298 e. The Kier molecular flexibility index (Phi) is 4.59. The van der Waals surface area contributed by atoms with Gasteiger partial charge in [0.2, 0.25) is 5.95 Å². The number of ketones is 1. The number of nitrogens with zero attached hydrogens (tertiary/aromatic N) is 6. The highest BCUT2D eigenvalue weighted by Crippen LogP contribution is 2.41. The molecule has 29 heavy (non-hydrogen) atoms. The van der Waals surface area contributed by atoms with Gasteiger partial charge in [0.05, 0.1) is 10.6 Å². The van der Waals surface area contributed by atoms with Gasteiger partial charge < -0.3 is 0 Å². The molecule has 1 N–H and O–H groups in total. The number of aromatic amines is 1. The van der Waals surface area contributed by atoms with Gasteiger partial charge in [0.25, 0.3) is 0 Å². The average molecular weight is 426 g/mol. The lowest BCUT2D eigenvalue weighted by Gasteiger charge is -2.08. The second kappa shape index (κ2) is 7.27. The van der Waals surface area contributed by atoms with Crippen molar-refractivity contribution < 1.29 is 4.79 Å². The van der Waals surface area contributed by atoms with E-state index >= 15 is 0 Å². The van der Waals surface area contributed by atoms with E-state index in [0.717, 1.165) is 40.1 Å². The third-order valence-corrected chi connectivity index (χ3v) is 6.81. The van der Waals surface area contributed by atoms with Crippen LogP contribution in [0.3, 0.4) is 0 Å². The maximum Gasteiger partial charge on any atom is 0.229 e. The summed E-state index contributed by atoms with van der Waals surface area (Å²) >= 11 is 3.12. The average Bonchev–Trinajstić information content (AvgIpc) is 3.16. The molecule has 1 fully saturated rings. The Hall–Kier alpha value is -2.72. The Morgan fingerprint density at radius 1 is 1.34 bits per heavy atom. The van der Waals surface area contributed by atoms with E-state index in [1.165, 1.54) is 18.1 Å². The normalized spacial score (nSPS) is 13.9. The number of hydrogen-bond donors (Lipinski definition) is 1. The molecule has 0 unspecified atom stereocenters. The van der Waals surface area contributed by atoms with Gasteiger partial charge in [0.15, 0.2) is 16.8 Å². The minimum Gasteiger partial charge on any atom is -0.298 e. The number of carbonyl (C=O) groups is 1. The fraction of sp³-hybridized carbons (Fsp3) is 0.316. The van der Waals surface area contributed by atoms with Gasteiger partial charge in [-0.2, -0.15) is 10.1 Å². The zero-order valence-electron chi connectivity index (χ0n) is 16.0. The predicted molar refractivity (Wildman–Crippen MR) is 112 cm³/mol. The van der Waals surface area contributed by atoms with Crippen molar-refractivity contribution >= 4 is 28.9 Å². The molecule has 10 heteroatoms. The fourth-order valence-electron chi connectivity index (χ4n) is 3.50. The van der Waals surface area contributed by atoms with Crippen LogP contribution in [0.4, 0.5) is 0 Å². The molecule has 1 aliphatic rings. The summed E-state index contributed by atoms with van der Waals surface area (Å²) in [6.45, 7) is 3.88. The first-order valence-electron chi connectivity index (χ1n) is 9.33. The Balaban J connectivity index is 1.38. The minimum absolute atomic E-state index is 0.0666. The molecule has 4 aromatic heterocycles. The fourth-order valence-corrected chi connectivity index (χ4v) is 5.09. The van der Waals surface area contributed by atoms with Crippen molar-refractivity contribution in [1.82, 2.24) is 34.5 Å². The van der Waals surface area contributed by atoms with Crippen LogP contribution in [0, 0.1) is 13.8 Å². The molecule has 0 atom stereocenters. The molecular formula is C19H19N7OS2. The molecule has 0 radical (unpaired) electrons. The van der Waals surface area contributed by atoms with Gasteiger partial charge in [0.1, 0.15) is 6.33 Å². The lowest BCUT2D eigenvalue weighted by molar-refractivity contribution is 0.102. The van der Waals surface area contributed by atoms with Gasteiger partial charge in [-0.25, -0.2) is 5.10 Å². The zero-order valence-corrected chi connectivity index (χ0v) is 17.6. The smallest absolute Gasteiger partial charge is 0.229 e. The second-order valence-electron chi connectivity index (χ2n) is 7.03. The van der Waals surface area contributed by atoms with Crippen molar-refractivity contribution in [2.24, 2.45) is 0 Å². The van der Waals surface area contributed by atoms with E-state index in [0.29, 0.717) is 23.3 Å². The van der Waals surface area contributed by atoms with Crippen LogP contribution in [0.25, 0.3) is 16.6 Å². The summed E-state index contributed by atoms with van der Waals surface area (Å²) in [5, 5.41) is 18.4. The molecule has 1 aliphatic carbocycles. The van der Waals surface area contributed by atoms with Crippen molar-refractivity contribution in [2.75, 3.05) is 5.75 Å². The zero-order chi connectivity index (χ0) is 20.0. The molecular weight excluding hydrogens is 406 g/mol. The quantitative estimate of drug-likeness (QED) is 0.357. The monoisotopic (exact) mass is 425 g/mol. The van der Waals surface area contributed by atoms with Gasteiger partial charge in [0, 0.05) is 23.0 Å². The molecule has 0 bridgehead atoms. The number of hydrogen-bond acceptors (Lipinski definition) is 7. The summed E-state index contributed by atoms with van der Waals surface area (Å²) in [4.78, 5) is 18.3. The standard InChI is InChI=1S/C19H19N7OS2/c1-11-8-14(12(2)25(11)18-20-10-21-23-18)15(27)9-29-19-24-22-17(16-4-3-7-28-16)26(19)13-5-6-13/h3-4,7-8,10,13H,5-6,9H2,1-2H3,(H,20,21,23). The van der Waals surface area contributed by atoms with Gasteiger partial charge in [-0.3, -0.25) is 13.9 Å². The van der Waals surface area contributed by atoms with Crippen LogP contribution in [0.2, 0.25) is 0 Å². The van der Waals surface area contributed by atoms with E-state index in [1.54, 1.807) is 11.3 Å². The van der Waals surface area contributed by atoms with Gasteiger partial charge >= 0.3 is 0 Å². The van der Waals surface area contributed by atoms with Crippen LogP contribution < -0.4 is 0 Å². The van der Waals surface area contributed by atoms with Gasteiger partial charge in [-0.15, -0.1) is 21.5 Å². The van der Waals surface area contributed by atoms with Gasteiger partial charge in [-0.1, -0.05) is 17.8 Å². The molecule has 8 nitrogen and oxygen atoms in total. The molecule has 4 heterocycles. The number of rotatable bonds is 7. The highest BCUT2D eigenvalue weighted by Gasteiger charge is 2.31. The van der Waals surface area contributed by atoms with Crippen LogP contribution in [-0.2, 0) is 0 Å². The van der Waals surface area contributed by atoms with E-state index < -0.39 is 0 Å². The van der Waals surface area contributed by atoms with Crippen LogP contribution in [0.5, 0.6) is 0 Å². The maximum absolute atomic E-state index is 13.0. The van der Waals surface area contributed by atoms with E-state index in [9.17, 15) is 4.79 Å². The number of nitrogens with one attached hydrogen (secondary N) is 1. The highest BCUT2D eigenvalue weighted by atomic mass is 32.2. The molecule has 0 spiro atoms.